The van der Waals surface area contributed by atoms with Crippen molar-refractivity contribution in [1.29, 1.82) is 0 Å². The van der Waals surface area contributed by atoms with Crippen molar-refractivity contribution >= 4 is 40.5 Å². The van der Waals surface area contributed by atoms with Crippen molar-refractivity contribution in [3.8, 4) is 11.3 Å². The SMILES string of the molecule is C[C@H]1CCCCN1c1ccc(NC(=O)c2ccc(-c3cc(Cl)ccc3Cl)o2)cc1. The number of benzene rings is 2. The second-order valence-corrected chi connectivity index (χ2v) is 8.17. The molecule has 1 amide bonds. The number of carbonyl (C=O) groups excluding carboxylic acids is 1. The first kappa shape index (κ1) is 19.9. The Morgan fingerprint density at radius 3 is 2.62 bits per heavy atom. The van der Waals surface area contributed by atoms with Crippen LogP contribution in [0.4, 0.5) is 11.4 Å². The normalized spacial score (nSPS) is 16.7. The summed E-state index contributed by atoms with van der Waals surface area (Å²) in [5, 5.41) is 3.94. The molecule has 0 aliphatic carbocycles. The smallest absolute Gasteiger partial charge is 0.291 e. The fourth-order valence-electron chi connectivity index (χ4n) is 3.70. The number of furan rings is 1. The van der Waals surface area contributed by atoms with Gasteiger partial charge < -0.3 is 14.6 Å². The van der Waals surface area contributed by atoms with E-state index in [1.807, 2.05) is 12.1 Å². The highest BCUT2D eigenvalue weighted by atomic mass is 35.5. The van der Waals surface area contributed by atoms with Gasteiger partial charge in [0.05, 0.1) is 5.02 Å². The van der Waals surface area contributed by atoms with Crippen molar-refractivity contribution in [2.75, 3.05) is 16.8 Å². The molecule has 1 aromatic heterocycles. The number of hydrogen-bond acceptors (Lipinski definition) is 3. The molecule has 150 valence electrons. The molecule has 4 nitrogen and oxygen atoms in total. The summed E-state index contributed by atoms with van der Waals surface area (Å²) in [7, 11) is 0. The van der Waals surface area contributed by atoms with Gasteiger partial charge in [0.1, 0.15) is 5.76 Å². The molecule has 1 aliphatic heterocycles. The third-order valence-corrected chi connectivity index (χ3v) is 5.85. The van der Waals surface area contributed by atoms with Gasteiger partial charge in [0.2, 0.25) is 0 Å². The first-order valence-electron chi connectivity index (χ1n) is 9.74. The van der Waals surface area contributed by atoms with Crippen LogP contribution in [0.25, 0.3) is 11.3 Å². The average molecular weight is 429 g/mol. The fraction of sp³-hybridized carbons (Fsp3) is 0.261. The summed E-state index contributed by atoms with van der Waals surface area (Å²) in [5.41, 5.74) is 2.56. The molecule has 3 aromatic rings. The zero-order valence-electron chi connectivity index (χ0n) is 16.1. The fourth-order valence-corrected chi connectivity index (χ4v) is 4.08. The number of halogens is 2. The average Bonchev–Trinajstić information content (AvgIpc) is 3.21. The van der Waals surface area contributed by atoms with Gasteiger partial charge in [0, 0.05) is 34.5 Å². The first-order valence-corrected chi connectivity index (χ1v) is 10.5. The highest BCUT2D eigenvalue weighted by molar-refractivity contribution is 6.35. The van der Waals surface area contributed by atoms with Crippen LogP contribution in [0.3, 0.4) is 0 Å². The van der Waals surface area contributed by atoms with E-state index in [-0.39, 0.29) is 11.7 Å². The maximum Gasteiger partial charge on any atom is 0.291 e. The Hall–Kier alpha value is -2.43. The lowest BCUT2D eigenvalue weighted by Crippen LogP contribution is -2.37. The lowest BCUT2D eigenvalue weighted by Gasteiger charge is -2.35. The number of piperidine rings is 1. The minimum atomic E-state index is -0.312. The topological polar surface area (TPSA) is 45.5 Å². The zero-order valence-corrected chi connectivity index (χ0v) is 17.6. The molecule has 2 aromatic carbocycles. The predicted molar refractivity (Wildman–Crippen MR) is 119 cm³/mol. The lowest BCUT2D eigenvalue weighted by molar-refractivity contribution is 0.0997. The molecule has 6 heteroatoms. The molecule has 0 spiro atoms. The molecular weight excluding hydrogens is 407 g/mol. The molecule has 1 atom stereocenters. The summed E-state index contributed by atoms with van der Waals surface area (Å²) in [6, 6.07) is 17.0. The Labute approximate surface area is 180 Å². The van der Waals surface area contributed by atoms with Gasteiger partial charge in [-0.25, -0.2) is 0 Å². The van der Waals surface area contributed by atoms with Crippen molar-refractivity contribution in [3.05, 3.63) is 70.4 Å². The van der Waals surface area contributed by atoms with E-state index in [1.54, 1.807) is 30.3 Å². The molecule has 2 heterocycles. The number of nitrogens with zero attached hydrogens (tertiary/aromatic N) is 1. The first-order chi connectivity index (χ1) is 14.0. The summed E-state index contributed by atoms with van der Waals surface area (Å²) in [5.74, 6) is 0.398. The van der Waals surface area contributed by atoms with Gasteiger partial charge in [-0.15, -0.1) is 0 Å². The Morgan fingerprint density at radius 1 is 1.07 bits per heavy atom. The predicted octanol–water partition coefficient (Wildman–Crippen LogP) is 6.88. The Bertz CT molecular complexity index is 1010. The number of carbonyl (C=O) groups is 1. The van der Waals surface area contributed by atoms with Crippen molar-refractivity contribution < 1.29 is 9.21 Å². The Kier molecular flexibility index (Phi) is 5.84. The lowest BCUT2D eigenvalue weighted by atomic mass is 10.0. The molecular formula is C23H22Cl2N2O2. The third-order valence-electron chi connectivity index (χ3n) is 5.28. The summed E-state index contributed by atoms with van der Waals surface area (Å²) in [4.78, 5) is 15.0. The van der Waals surface area contributed by atoms with E-state index in [4.69, 9.17) is 27.6 Å². The zero-order chi connectivity index (χ0) is 20.4. The van der Waals surface area contributed by atoms with Crippen LogP contribution in [-0.2, 0) is 0 Å². The molecule has 0 unspecified atom stereocenters. The summed E-state index contributed by atoms with van der Waals surface area (Å²) < 4.78 is 5.71. The van der Waals surface area contributed by atoms with Crippen molar-refractivity contribution in [3.63, 3.8) is 0 Å². The highest BCUT2D eigenvalue weighted by Gasteiger charge is 2.19. The van der Waals surface area contributed by atoms with Crippen LogP contribution in [0.15, 0.2) is 59.0 Å². The van der Waals surface area contributed by atoms with Crippen LogP contribution in [0.2, 0.25) is 10.0 Å². The van der Waals surface area contributed by atoms with Gasteiger partial charge in [-0.3, -0.25) is 4.79 Å². The number of anilines is 2. The summed E-state index contributed by atoms with van der Waals surface area (Å²) >= 11 is 12.3. The monoisotopic (exact) mass is 428 g/mol. The van der Waals surface area contributed by atoms with Gasteiger partial charge in [-0.05, 0) is 80.8 Å². The van der Waals surface area contributed by atoms with Crippen molar-refractivity contribution in [2.45, 2.75) is 32.2 Å². The van der Waals surface area contributed by atoms with Crippen LogP contribution in [0, 0.1) is 0 Å². The standard InChI is InChI=1S/C23H22Cl2N2O2/c1-15-4-2-3-13-27(15)18-8-6-17(7-9-18)26-23(28)22-12-11-21(29-22)19-14-16(24)5-10-20(19)25/h5-12,14-15H,2-4,13H2,1H3,(H,26,28)/t15-/m0/s1. The second-order valence-electron chi connectivity index (χ2n) is 7.33. The summed E-state index contributed by atoms with van der Waals surface area (Å²) in [6.07, 6.45) is 3.73. The maximum absolute atomic E-state index is 12.6. The molecule has 0 radical (unpaired) electrons. The molecule has 0 saturated carbocycles. The molecule has 1 aliphatic rings. The number of rotatable bonds is 4. The van der Waals surface area contributed by atoms with E-state index < -0.39 is 0 Å². The quantitative estimate of drug-likeness (QED) is 0.492. The molecule has 1 fully saturated rings. The van der Waals surface area contributed by atoms with Crippen molar-refractivity contribution in [2.24, 2.45) is 0 Å². The minimum absolute atomic E-state index is 0.213. The van der Waals surface area contributed by atoms with Crippen LogP contribution in [0.5, 0.6) is 0 Å². The van der Waals surface area contributed by atoms with Gasteiger partial charge >= 0.3 is 0 Å². The minimum Gasteiger partial charge on any atom is -0.451 e. The van der Waals surface area contributed by atoms with E-state index in [0.717, 1.165) is 12.2 Å². The Balaban J connectivity index is 1.46. The summed E-state index contributed by atoms with van der Waals surface area (Å²) in [6.45, 7) is 3.34. The van der Waals surface area contributed by atoms with E-state index in [2.05, 4.69) is 29.3 Å². The molecule has 4 rings (SSSR count). The van der Waals surface area contributed by atoms with E-state index in [1.165, 1.54) is 24.9 Å². The molecule has 0 bridgehead atoms. The van der Waals surface area contributed by atoms with Crippen LogP contribution < -0.4 is 10.2 Å². The van der Waals surface area contributed by atoms with Gasteiger partial charge in [0.15, 0.2) is 5.76 Å². The van der Waals surface area contributed by atoms with Gasteiger partial charge in [0.25, 0.3) is 5.91 Å². The van der Waals surface area contributed by atoms with E-state index in [9.17, 15) is 4.79 Å². The molecule has 1 N–H and O–H groups in total. The number of amides is 1. The second kappa shape index (κ2) is 8.52. The molecule has 1 saturated heterocycles. The number of hydrogen-bond donors (Lipinski definition) is 1. The van der Waals surface area contributed by atoms with Crippen LogP contribution >= 0.6 is 23.2 Å². The van der Waals surface area contributed by atoms with Gasteiger partial charge in [-0.1, -0.05) is 23.2 Å². The molecule has 29 heavy (non-hydrogen) atoms. The van der Waals surface area contributed by atoms with Crippen LogP contribution in [-0.4, -0.2) is 18.5 Å². The maximum atomic E-state index is 12.6. The highest BCUT2D eigenvalue weighted by Crippen LogP contribution is 2.32. The van der Waals surface area contributed by atoms with E-state index >= 15 is 0 Å². The van der Waals surface area contributed by atoms with Crippen LogP contribution in [0.1, 0.15) is 36.7 Å². The largest absolute Gasteiger partial charge is 0.451 e. The third kappa shape index (κ3) is 4.44. The van der Waals surface area contributed by atoms with Crippen molar-refractivity contribution in [1.82, 2.24) is 0 Å². The van der Waals surface area contributed by atoms with E-state index in [0.29, 0.717) is 27.4 Å². The Morgan fingerprint density at radius 2 is 1.86 bits per heavy atom. The van der Waals surface area contributed by atoms with Gasteiger partial charge in [-0.2, -0.15) is 0 Å². The number of nitrogens with one attached hydrogen (secondary N) is 1.